The van der Waals surface area contributed by atoms with Crippen molar-refractivity contribution in [1.82, 2.24) is 0 Å². The van der Waals surface area contributed by atoms with E-state index in [1.54, 1.807) is 18.2 Å². The van der Waals surface area contributed by atoms with Crippen LogP contribution in [0.15, 0.2) is 18.2 Å². The fraction of sp³-hybridized carbons (Fsp3) is 0.111. The smallest absolute Gasteiger partial charge is 0.0696 e. The summed E-state index contributed by atoms with van der Waals surface area (Å²) in [6.45, 7) is -0.0519. The van der Waals surface area contributed by atoms with Crippen molar-refractivity contribution < 1.29 is 5.11 Å². The van der Waals surface area contributed by atoms with Gasteiger partial charge in [0.1, 0.15) is 0 Å². The quantitative estimate of drug-likeness (QED) is 0.631. The van der Waals surface area contributed by atoms with Crippen molar-refractivity contribution in [3.05, 3.63) is 34.3 Å². The lowest BCUT2D eigenvalue weighted by Gasteiger charge is -1.99. The van der Waals surface area contributed by atoms with Gasteiger partial charge in [0.15, 0.2) is 0 Å². The second kappa shape index (κ2) is 3.43. The van der Waals surface area contributed by atoms with Gasteiger partial charge in [0.25, 0.3) is 0 Å². The molecule has 1 nitrogen and oxygen atoms in total. The first-order chi connectivity index (χ1) is 5.27. The maximum atomic E-state index is 8.75. The number of aliphatic hydroxyl groups excluding tert-OH is 1. The van der Waals surface area contributed by atoms with Crippen LogP contribution < -0.4 is 0 Å². The Morgan fingerprint density at radius 3 is 2.73 bits per heavy atom. The summed E-state index contributed by atoms with van der Waals surface area (Å²) in [4.78, 5) is 0. The van der Waals surface area contributed by atoms with E-state index in [1.165, 1.54) is 0 Å². The Kier molecular flexibility index (Phi) is 2.53. The van der Waals surface area contributed by atoms with E-state index in [2.05, 4.69) is 5.92 Å². The summed E-state index contributed by atoms with van der Waals surface area (Å²) in [5.41, 5.74) is 1.43. The van der Waals surface area contributed by atoms with Crippen LogP contribution in [0.5, 0.6) is 0 Å². The molecule has 0 amide bonds. The lowest BCUT2D eigenvalue weighted by molar-refractivity contribution is 0.282. The minimum absolute atomic E-state index is 0.0519. The van der Waals surface area contributed by atoms with E-state index in [9.17, 15) is 0 Å². The van der Waals surface area contributed by atoms with Gasteiger partial charge in [0.2, 0.25) is 0 Å². The van der Waals surface area contributed by atoms with Crippen molar-refractivity contribution in [2.45, 2.75) is 6.61 Å². The Hall–Kier alpha value is -0.970. The highest BCUT2D eigenvalue weighted by Crippen LogP contribution is 2.16. The van der Waals surface area contributed by atoms with Gasteiger partial charge >= 0.3 is 0 Å². The molecule has 0 aliphatic carbocycles. The largest absolute Gasteiger partial charge is 0.392 e. The topological polar surface area (TPSA) is 20.2 Å². The van der Waals surface area contributed by atoms with Gasteiger partial charge in [-0.25, -0.2) is 0 Å². The summed E-state index contributed by atoms with van der Waals surface area (Å²) < 4.78 is 0. The van der Waals surface area contributed by atoms with Gasteiger partial charge in [-0.05, 0) is 17.7 Å². The predicted molar refractivity (Wildman–Crippen MR) is 45.3 cm³/mol. The molecule has 0 saturated heterocycles. The van der Waals surface area contributed by atoms with Crippen LogP contribution >= 0.6 is 11.6 Å². The predicted octanol–water partition coefficient (Wildman–Crippen LogP) is 1.81. The summed E-state index contributed by atoms with van der Waals surface area (Å²) in [7, 11) is 0. The fourth-order valence-electron chi connectivity index (χ4n) is 0.765. The van der Waals surface area contributed by atoms with Crippen LogP contribution in [0.25, 0.3) is 0 Å². The van der Waals surface area contributed by atoms with Gasteiger partial charge < -0.3 is 5.11 Å². The molecule has 0 saturated carbocycles. The molecule has 0 aliphatic heterocycles. The lowest BCUT2D eigenvalue weighted by atomic mass is 10.1. The normalized spacial score (nSPS) is 9.18. The Morgan fingerprint density at radius 1 is 1.55 bits per heavy atom. The van der Waals surface area contributed by atoms with Crippen molar-refractivity contribution in [2.75, 3.05) is 0 Å². The molecule has 1 rings (SSSR count). The number of terminal acetylenes is 1. The highest BCUT2D eigenvalue weighted by Gasteiger charge is 1.97. The van der Waals surface area contributed by atoms with Crippen molar-refractivity contribution >= 4 is 11.6 Å². The molecule has 0 spiro atoms. The van der Waals surface area contributed by atoms with Crippen molar-refractivity contribution in [3.8, 4) is 12.3 Å². The first-order valence-electron chi connectivity index (χ1n) is 3.14. The summed E-state index contributed by atoms with van der Waals surface area (Å²) in [6.07, 6.45) is 5.14. The molecule has 11 heavy (non-hydrogen) atoms. The monoisotopic (exact) mass is 166 g/mol. The van der Waals surface area contributed by atoms with E-state index in [0.29, 0.717) is 10.6 Å². The molecule has 2 heteroatoms. The summed E-state index contributed by atoms with van der Waals surface area (Å²) in [6, 6.07) is 5.13. The minimum atomic E-state index is -0.0519. The molecule has 0 radical (unpaired) electrons. The highest BCUT2D eigenvalue weighted by atomic mass is 35.5. The number of hydrogen-bond acceptors (Lipinski definition) is 1. The zero-order valence-electron chi connectivity index (χ0n) is 5.84. The average Bonchev–Trinajstić information content (AvgIpc) is 2.04. The third-order valence-corrected chi connectivity index (χ3v) is 1.74. The van der Waals surface area contributed by atoms with E-state index in [4.69, 9.17) is 23.1 Å². The number of hydrogen-bond donors (Lipinski definition) is 1. The molecular weight excluding hydrogens is 160 g/mol. The summed E-state index contributed by atoms with van der Waals surface area (Å²) in [5, 5.41) is 9.26. The van der Waals surface area contributed by atoms with Crippen LogP contribution in [0.4, 0.5) is 0 Å². The van der Waals surface area contributed by atoms with Gasteiger partial charge in [-0.3, -0.25) is 0 Å². The number of halogens is 1. The molecule has 0 fully saturated rings. The lowest BCUT2D eigenvalue weighted by Crippen LogP contribution is -1.85. The van der Waals surface area contributed by atoms with Crippen molar-refractivity contribution in [3.63, 3.8) is 0 Å². The molecule has 0 atom stereocenters. The van der Waals surface area contributed by atoms with Crippen molar-refractivity contribution in [2.24, 2.45) is 0 Å². The molecule has 0 heterocycles. The van der Waals surface area contributed by atoms with E-state index >= 15 is 0 Å². The second-order valence-electron chi connectivity index (χ2n) is 2.11. The van der Waals surface area contributed by atoms with Crippen LogP contribution in [0.3, 0.4) is 0 Å². The van der Waals surface area contributed by atoms with E-state index in [1.807, 2.05) is 0 Å². The minimum Gasteiger partial charge on any atom is -0.392 e. The first-order valence-corrected chi connectivity index (χ1v) is 3.51. The third-order valence-electron chi connectivity index (χ3n) is 1.39. The fourth-order valence-corrected chi connectivity index (χ4v) is 1.01. The van der Waals surface area contributed by atoms with Gasteiger partial charge in [0, 0.05) is 10.6 Å². The Balaban J connectivity index is 3.12. The highest BCUT2D eigenvalue weighted by molar-refractivity contribution is 6.31. The van der Waals surface area contributed by atoms with Gasteiger partial charge in [0.05, 0.1) is 6.61 Å². The van der Waals surface area contributed by atoms with Crippen LogP contribution in [-0.2, 0) is 6.61 Å². The maximum Gasteiger partial charge on any atom is 0.0696 e. The van der Waals surface area contributed by atoms with Crippen LogP contribution in [0.1, 0.15) is 11.1 Å². The van der Waals surface area contributed by atoms with E-state index < -0.39 is 0 Å². The number of benzene rings is 1. The van der Waals surface area contributed by atoms with Gasteiger partial charge in [-0.1, -0.05) is 23.6 Å². The molecule has 1 aromatic carbocycles. The van der Waals surface area contributed by atoms with E-state index in [0.717, 1.165) is 5.56 Å². The zero-order chi connectivity index (χ0) is 8.27. The molecule has 0 bridgehead atoms. The van der Waals surface area contributed by atoms with Gasteiger partial charge in [-0.15, -0.1) is 6.42 Å². The summed E-state index contributed by atoms with van der Waals surface area (Å²) in [5.74, 6) is 2.45. The SMILES string of the molecule is C#Cc1ccc(CO)c(Cl)c1. The Morgan fingerprint density at radius 2 is 2.27 bits per heavy atom. The maximum absolute atomic E-state index is 8.75. The molecule has 0 aromatic heterocycles. The Labute approximate surface area is 70.6 Å². The molecular formula is C9H7ClO. The zero-order valence-corrected chi connectivity index (χ0v) is 6.60. The van der Waals surface area contributed by atoms with Crippen LogP contribution in [-0.4, -0.2) is 5.11 Å². The molecule has 1 aromatic rings. The number of aliphatic hydroxyl groups is 1. The summed E-state index contributed by atoms with van der Waals surface area (Å²) >= 11 is 5.75. The van der Waals surface area contributed by atoms with Crippen LogP contribution in [0, 0.1) is 12.3 Å². The first kappa shape index (κ1) is 8.13. The molecule has 1 N–H and O–H groups in total. The Bertz CT molecular complexity index is 299. The van der Waals surface area contributed by atoms with E-state index in [-0.39, 0.29) is 6.61 Å². The molecule has 56 valence electrons. The third kappa shape index (κ3) is 1.74. The van der Waals surface area contributed by atoms with Crippen molar-refractivity contribution in [1.29, 1.82) is 0 Å². The number of rotatable bonds is 1. The van der Waals surface area contributed by atoms with Crippen LogP contribution in [0.2, 0.25) is 5.02 Å². The molecule has 0 aliphatic rings. The second-order valence-corrected chi connectivity index (χ2v) is 2.52. The molecule has 0 unspecified atom stereocenters. The average molecular weight is 167 g/mol. The van der Waals surface area contributed by atoms with Gasteiger partial charge in [-0.2, -0.15) is 0 Å². The standard InChI is InChI=1S/C9H7ClO/c1-2-7-3-4-8(6-11)9(10)5-7/h1,3-5,11H,6H2.